The molecular weight excluding hydrogens is 382 g/mol. The summed E-state index contributed by atoms with van der Waals surface area (Å²) in [5, 5.41) is 2.79. The topological polar surface area (TPSA) is 88.6 Å². The second kappa shape index (κ2) is 8.57. The smallest absolute Gasteiger partial charge is 0.261 e. The number of ether oxygens (including phenoxy) is 1. The molecule has 0 atom stereocenters. The average molecular weight is 401 g/mol. The molecule has 7 heteroatoms. The van der Waals surface area contributed by atoms with E-state index in [0.29, 0.717) is 22.8 Å². The predicted molar refractivity (Wildman–Crippen MR) is 109 cm³/mol. The van der Waals surface area contributed by atoms with Gasteiger partial charge < -0.3 is 10.1 Å². The van der Waals surface area contributed by atoms with Crippen LogP contribution in [0, 0.1) is 0 Å². The maximum atomic E-state index is 12.3. The van der Waals surface area contributed by atoms with Crippen molar-refractivity contribution < 1.29 is 19.1 Å². The molecule has 0 radical (unpaired) electrons. The highest BCUT2D eigenvalue weighted by Gasteiger charge is 2.34. The Morgan fingerprint density at radius 1 is 0.933 bits per heavy atom. The van der Waals surface area contributed by atoms with Crippen molar-refractivity contribution in [1.29, 1.82) is 0 Å². The Kier molecular flexibility index (Phi) is 5.52. The van der Waals surface area contributed by atoms with Gasteiger partial charge in [0.05, 0.1) is 11.1 Å². The molecule has 0 fully saturated rings. The van der Waals surface area contributed by atoms with Crippen LogP contribution in [0.5, 0.6) is 11.6 Å². The SMILES string of the molecule is O=C(CCN1C(=O)c2ccccc2C1=O)NCc1ccnc(Oc2ccccc2)c1. The fourth-order valence-electron chi connectivity index (χ4n) is 3.17. The summed E-state index contributed by atoms with van der Waals surface area (Å²) in [5.41, 5.74) is 1.58. The number of aromatic nitrogens is 1. The van der Waals surface area contributed by atoms with Crippen LogP contribution in [0.4, 0.5) is 0 Å². The van der Waals surface area contributed by atoms with Gasteiger partial charge in [-0.2, -0.15) is 0 Å². The molecule has 3 aromatic rings. The molecule has 0 aliphatic carbocycles. The number of fused-ring (bicyclic) bond motifs is 1. The first-order valence-corrected chi connectivity index (χ1v) is 9.51. The number of nitrogens with zero attached hydrogens (tertiary/aromatic N) is 2. The van der Waals surface area contributed by atoms with E-state index in [0.717, 1.165) is 10.5 Å². The highest BCUT2D eigenvalue weighted by molar-refractivity contribution is 6.21. The first-order valence-electron chi connectivity index (χ1n) is 9.51. The number of para-hydroxylation sites is 1. The number of nitrogens with one attached hydrogen (secondary N) is 1. The largest absolute Gasteiger partial charge is 0.439 e. The highest BCUT2D eigenvalue weighted by atomic mass is 16.5. The van der Waals surface area contributed by atoms with Crippen LogP contribution in [-0.2, 0) is 11.3 Å². The molecular formula is C23H19N3O4. The maximum Gasteiger partial charge on any atom is 0.261 e. The summed E-state index contributed by atoms with van der Waals surface area (Å²) in [4.78, 5) is 42.2. The number of hydrogen-bond acceptors (Lipinski definition) is 5. The maximum absolute atomic E-state index is 12.3. The van der Waals surface area contributed by atoms with Crippen molar-refractivity contribution in [2.75, 3.05) is 6.54 Å². The Morgan fingerprint density at radius 3 is 2.30 bits per heavy atom. The molecule has 1 aliphatic rings. The molecule has 0 unspecified atom stereocenters. The van der Waals surface area contributed by atoms with Crippen molar-refractivity contribution in [3.05, 3.63) is 89.6 Å². The Bertz CT molecular complexity index is 1060. The zero-order valence-electron chi connectivity index (χ0n) is 16.1. The predicted octanol–water partition coefficient (Wildman–Crippen LogP) is 3.18. The minimum absolute atomic E-state index is 0.0317. The van der Waals surface area contributed by atoms with Gasteiger partial charge in [0, 0.05) is 31.8 Å². The highest BCUT2D eigenvalue weighted by Crippen LogP contribution is 2.22. The summed E-state index contributed by atoms with van der Waals surface area (Å²) in [6, 6.07) is 19.5. The molecule has 1 N–H and O–H groups in total. The van der Waals surface area contributed by atoms with E-state index in [2.05, 4.69) is 10.3 Å². The number of imide groups is 1. The van der Waals surface area contributed by atoms with Gasteiger partial charge in [-0.15, -0.1) is 0 Å². The van der Waals surface area contributed by atoms with Crippen LogP contribution in [0.1, 0.15) is 32.7 Å². The minimum Gasteiger partial charge on any atom is -0.439 e. The lowest BCUT2D eigenvalue weighted by atomic mass is 10.1. The van der Waals surface area contributed by atoms with Gasteiger partial charge in [0.2, 0.25) is 11.8 Å². The van der Waals surface area contributed by atoms with E-state index in [-0.39, 0.29) is 37.2 Å². The van der Waals surface area contributed by atoms with E-state index in [1.54, 1.807) is 42.6 Å². The fourth-order valence-corrected chi connectivity index (χ4v) is 3.17. The third-order valence-corrected chi connectivity index (χ3v) is 4.70. The van der Waals surface area contributed by atoms with E-state index >= 15 is 0 Å². The van der Waals surface area contributed by atoms with E-state index in [1.165, 1.54) is 0 Å². The summed E-state index contributed by atoms with van der Waals surface area (Å²) < 4.78 is 5.69. The quantitative estimate of drug-likeness (QED) is 0.615. The summed E-state index contributed by atoms with van der Waals surface area (Å²) in [6.07, 6.45) is 1.64. The van der Waals surface area contributed by atoms with Crippen LogP contribution in [0.3, 0.4) is 0 Å². The zero-order chi connectivity index (χ0) is 20.9. The van der Waals surface area contributed by atoms with Crippen LogP contribution in [0.15, 0.2) is 72.9 Å². The van der Waals surface area contributed by atoms with Crippen molar-refractivity contribution in [3.8, 4) is 11.6 Å². The van der Waals surface area contributed by atoms with E-state index in [1.807, 2.05) is 30.3 Å². The van der Waals surface area contributed by atoms with Crippen LogP contribution >= 0.6 is 0 Å². The number of amides is 3. The first-order chi connectivity index (χ1) is 14.6. The Balaban J connectivity index is 1.29. The van der Waals surface area contributed by atoms with Gasteiger partial charge >= 0.3 is 0 Å². The second-order valence-corrected chi connectivity index (χ2v) is 6.75. The summed E-state index contributed by atoms with van der Waals surface area (Å²) in [6.45, 7) is 0.325. The molecule has 0 bridgehead atoms. The van der Waals surface area contributed by atoms with E-state index in [4.69, 9.17) is 4.74 Å². The molecule has 3 amide bonds. The van der Waals surface area contributed by atoms with Gasteiger partial charge in [0.1, 0.15) is 5.75 Å². The van der Waals surface area contributed by atoms with Gasteiger partial charge in [-0.05, 0) is 35.9 Å². The molecule has 0 spiro atoms. The lowest BCUT2D eigenvalue weighted by Crippen LogP contribution is -2.34. The zero-order valence-corrected chi connectivity index (χ0v) is 16.1. The van der Waals surface area contributed by atoms with Crippen molar-refractivity contribution in [2.24, 2.45) is 0 Å². The van der Waals surface area contributed by atoms with Crippen molar-refractivity contribution >= 4 is 17.7 Å². The Hall–Kier alpha value is -4.00. The van der Waals surface area contributed by atoms with E-state index < -0.39 is 0 Å². The van der Waals surface area contributed by atoms with Gasteiger partial charge in [-0.3, -0.25) is 19.3 Å². The summed E-state index contributed by atoms with van der Waals surface area (Å²) >= 11 is 0. The van der Waals surface area contributed by atoms with E-state index in [9.17, 15) is 14.4 Å². The lowest BCUT2D eigenvalue weighted by Gasteiger charge is -2.13. The molecule has 30 heavy (non-hydrogen) atoms. The van der Waals surface area contributed by atoms with Crippen LogP contribution in [-0.4, -0.2) is 34.2 Å². The van der Waals surface area contributed by atoms with Gasteiger partial charge in [-0.1, -0.05) is 30.3 Å². The van der Waals surface area contributed by atoms with Crippen LogP contribution in [0.25, 0.3) is 0 Å². The average Bonchev–Trinajstić information content (AvgIpc) is 3.02. The number of carbonyl (C=O) groups excluding carboxylic acids is 3. The van der Waals surface area contributed by atoms with Crippen molar-refractivity contribution in [2.45, 2.75) is 13.0 Å². The standard InChI is InChI=1S/C23H19N3O4/c27-20(11-13-26-22(28)18-8-4-5-9-19(18)23(26)29)25-15-16-10-12-24-21(14-16)30-17-6-2-1-3-7-17/h1-10,12,14H,11,13,15H2,(H,25,27). The van der Waals surface area contributed by atoms with Crippen LogP contribution in [0.2, 0.25) is 0 Å². The normalized spacial score (nSPS) is 12.6. The summed E-state index contributed by atoms with van der Waals surface area (Å²) in [7, 11) is 0. The molecule has 0 saturated heterocycles. The van der Waals surface area contributed by atoms with Gasteiger partial charge in [-0.25, -0.2) is 4.98 Å². The van der Waals surface area contributed by atoms with Crippen molar-refractivity contribution in [1.82, 2.24) is 15.2 Å². The number of rotatable bonds is 7. The molecule has 1 aliphatic heterocycles. The monoisotopic (exact) mass is 401 g/mol. The van der Waals surface area contributed by atoms with Crippen LogP contribution < -0.4 is 10.1 Å². The number of carbonyl (C=O) groups is 3. The number of benzene rings is 2. The minimum atomic E-state index is -0.361. The third-order valence-electron chi connectivity index (χ3n) is 4.70. The molecule has 2 aromatic carbocycles. The Morgan fingerprint density at radius 2 is 1.60 bits per heavy atom. The Labute approximate surface area is 173 Å². The molecule has 0 saturated carbocycles. The molecule has 2 heterocycles. The molecule has 4 rings (SSSR count). The van der Waals surface area contributed by atoms with Gasteiger partial charge in [0.25, 0.3) is 11.8 Å². The fraction of sp³-hybridized carbons (Fsp3) is 0.130. The molecule has 7 nitrogen and oxygen atoms in total. The number of pyridine rings is 1. The van der Waals surface area contributed by atoms with Crippen molar-refractivity contribution in [3.63, 3.8) is 0 Å². The first kappa shape index (κ1) is 19.3. The summed E-state index contributed by atoms with van der Waals surface area (Å²) in [5.74, 6) is 0.125. The third kappa shape index (κ3) is 4.20. The van der Waals surface area contributed by atoms with Gasteiger partial charge in [0.15, 0.2) is 0 Å². The molecule has 1 aromatic heterocycles. The molecule has 150 valence electrons. The number of hydrogen-bond donors (Lipinski definition) is 1. The second-order valence-electron chi connectivity index (χ2n) is 6.75. The lowest BCUT2D eigenvalue weighted by molar-refractivity contribution is -0.121.